The van der Waals surface area contributed by atoms with Crippen LogP contribution in [0.15, 0.2) is 42.7 Å². The van der Waals surface area contributed by atoms with E-state index in [1.54, 1.807) is 37.7 Å². The number of benzene rings is 1. The lowest BCUT2D eigenvalue weighted by atomic mass is 10.1. The van der Waals surface area contributed by atoms with Gasteiger partial charge in [-0.1, -0.05) is 13.8 Å². The van der Waals surface area contributed by atoms with Crippen molar-refractivity contribution in [2.45, 2.75) is 26.9 Å². The molecule has 1 N–H and O–H groups in total. The average molecular weight is 314 g/mol. The molecule has 0 unspecified atom stereocenters. The highest BCUT2D eigenvalue weighted by molar-refractivity contribution is 5.92. The van der Waals surface area contributed by atoms with Gasteiger partial charge >= 0.3 is 0 Å². The maximum Gasteiger partial charge on any atom is 0.227 e. The molecule has 0 spiro atoms. The molecule has 122 valence electrons. The molecule has 1 atom stereocenters. The Morgan fingerprint density at radius 2 is 1.96 bits per heavy atom. The van der Waals surface area contributed by atoms with Gasteiger partial charge in [-0.2, -0.15) is 0 Å². The zero-order valence-electron chi connectivity index (χ0n) is 13.7. The molecular formula is C18H22N2O3. The van der Waals surface area contributed by atoms with E-state index in [4.69, 9.17) is 9.47 Å². The molecule has 0 bridgehead atoms. The molecule has 0 saturated heterocycles. The number of carbonyl (C=O) groups is 1. The van der Waals surface area contributed by atoms with Crippen molar-refractivity contribution in [1.29, 1.82) is 0 Å². The van der Waals surface area contributed by atoms with Crippen molar-refractivity contribution in [1.82, 2.24) is 4.98 Å². The number of anilines is 1. The van der Waals surface area contributed by atoms with Gasteiger partial charge in [0.05, 0.1) is 7.11 Å². The summed E-state index contributed by atoms with van der Waals surface area (Å²) in [5, 5.41) is 2.90. The van der Waals surface area contributed by atoms with Crippen molar-refractivity contribution < 1.29 is 14.3 Å². The molecule has 0 aliphatic rings. The summed E-state index contributed by atoms with van der Waals surface area (Å²) in [5.41, 5.74) is 1.71. The molecule has 5 heteroatoms. The molecule has 1 aromatic carbocycles. The Bertz CT molecular complexity index is 644. The second kappa shape index (κ2) is 8.17. The van der Waals surface area contributed by atoms with E-state index in [9.17, 15) is 4.79 Å². The van der Waals surface area contributed by atoms with E-state index in [2.05, 4.69) is 10.3 Å². The summed E-state index contributed by atoms with van der Waals surface area (Å²) in [5.74, 6) is 1.18. The standard InChI is InChI=1S/C18H22N2O3/c1-4-13(2)18(21)20-15-5-6-16(22-3)17(11-15)23-12-14-7-9-19-10-8-14/h5-11,13H,4,12H2,1-3H3,(H,20,21)/t13-/m0/s1. The van der Waals surface area contributed by atoms with Crippen molar-refractivity contribution in [3.63, 3.8) is 0 Å². The quantitative estimate of drug-likeness (QED) is 0.847. The smallest absolute Gasteiger partial charge is 0.227 e. The monoisotopic (exact) mass is 314 g/mol. The number of nitrogens with one attached hydrogen (secondary N) is 1. The molecule has 2 aromatic rings. The topological polar surface area (TPSA) is 60.5 Å². The second-order valence-corrected chi connectivity index (χ2v) is 5.31. The van der Waals surface area contributed by atoms with Gasteiger partial charge in [0.25, 0.3) is 0 Å². The highest BCUT2D eigenvalue weighted by Crippen LogP contribution is 2.31. The summed E-state index contributed by atoms with van der Waals surface area (Å²) in [4.78, 5) is 16.0. The van der Waals surface area contributed by atoms with Crippen molar-refractivity contribution in [3.8, 4) is 11.5 Å². The van der Waals surface area contributed by atoms with Crippen LogP contribution in [0.2, 0.25) is 0 Å². The maximum absolute atomic E-state index is 12.0. The van der Waals surface area contributed by atoms with Gasteiger partial charge in [-0.25, -0.2) is 0 Å². The third-order valence-electron chi connectivity index (χ3n) is 3.63. The van der Waals surface area contributed by atoms with Crippen LogP contribution in [-0.4, -0.2) is 18.0 Å². The van der Waals surface area contributed by atoms with Gasteiger partial charge in [0.2, 0.25) is 5.91 Å². The molecule has 23 heavy (non-hydrogen) atoms. The largest absolute Gasteiger partial charge is 0.493 e. The van der Waals surface area contributed by atoms with E-state index in [1.807, 2.05) is 26.0 Å². The predicted molar refractivity (Wildman–Crippen MR) is 89.6 cm³/mol. The van der Waals surface area contributed by atoms with Gasteiger partial charge in [-0.05, 0) is 36.2 Å². The lowest BCUT2D eigenvalue weighted by Gasteiger charge is -2.14. The Kier molecular flexibility index (Phi) is 5.97. The van der Waals surface area contributed by atoms with Crippen LogP contribution >= 0.6 is 0 Å². The molecule has 0 radical (unpaired) electrons. The van der Waals surface area contributed by atoms with Crippen LogP contribution < -0.4 is 14.8 Å². The van der Waals surface area contributed by atoms with Crippen LogP contribution in [-0.2, 0) is 11.4 Å². The van der Waals surface area contributed by atoms with Crippen molar-refractivity contribution >= 4 is 11.6 Å². The highest BCUT2D eigenvalue weighted by Gasteiger charge is 2.12. The number of rotatable bonds is 7. The average Bonchev–Trinajstić information content (AvgIpc) is 2.60. The molecule has 0 aliphatic heterocycles. The second-order valence-electron chi connectivity index (χ2n) is 5.31. The molecule has 1 aromatic heterocycles. The lowest BCUT2D eigenvalue weighted by Crippen LogP contribution is -2.19. The number of hydrogen-bond donors (Lipinski definition) is 1. The Labute approximate surface area is 136 Å². The van der Waals surface area contributed by atoms with Crippen LogP contribution in [0.4, 0.5) is 5.69 Å². The molecular weight excluding hydrogens is 292 g/mol. The van der Waals surface area contributed by atoms with Crippen molar-refractivity contribution in [3.05, 3.63) is 48.3 Å². The van der Waals surface area contributed by atoms with Crippen molar-refractivity contribution in [2.75, 3.05) is 12.4 Å². The zero-order chi connectivity index (χ0) is 16.7. The number of methoxy groups -OCH3 is 1. The van der Waals surface area contributed by atoms with Gasteiger partial charge in [0.15, 0.2) is 11.5 Å². The van der Waals surface area contributed by atoms with Crippen LogP contribution in [0.1, 0.15) is 25.8 Å². The first-order chi connectivity index (χ1) is 11.1. The summed E-state index contributed by atoms with van der Waals surface area (Å²) < 4.78 is 11.1. The van der Waals surface area contributed by atoms with Gasteiger partial charge in [-0.15, -0.1) is 0 Å². The number of carbonyl (C=O) groups excluding carboxylic acids is 1. The first-order valence-electron chi connectivity index (χ1n) is 7.64. The predicted octanol–water partition coefficient (Wildman–Crippen LogP) is 3.65. The normalized spacial score (nSPS) is 11.6. The van der Waals surface area contributed by atoms with E-state index in [0.29, 0.717) is 23.8 Å². The van der Waals surface area contributed by atoms with Crippen LogP contribution in [0.3, 0.4) is 0 Å². The third-order valence-corrected chi connectivity index (χ3v) is 3.63. The zero-order valence-corrected chi connectivity index (χ0v) is 13.7. The minimum absolute atomic E-state index is 0.00208. The molecule has 0 aliphatic carbocycles. The summed E-state index contributed by atoms with van der Waals surface area (Å²) in [6.07, 6.45) is 4.24. The first kappa shape index (κ1) is 16.8. The van der Waals surface area contributed by atoms with Gasteiger partial charge in [-0.3, -0.25) is 9.78 Å². The minimum atomic E-state index is -0.0294. The SMILES string of the molecule is CC[C@H](C)C(=O)Nc1ccc(OC)c(OCc2ccncc2)c1. The number of pyridine rings is 1. The Morgan fingerprint density at radius 3 is 2.61 bits per heavy atom. The highest BCUT2D eigenvalue weighted by atomic mass is 16.5. The molecule has 0 fully saturated rings. The third kappa shape index (κ3) is 4.71. The van der Waals surface area contributed by atoms with Gasteiger partial charge in [0, 0.05) is 30.1 Å². The van der Waals surface area contributed by atoms with Gasteiger partial charge in [0.1, 0.15) is 6.61 Å². The van der Waals surface area contributed by atoms with Crippen molar-refractivity contribution in [2.24, 2.45) is 5.92 Å². The number of hydrogen-bond acceptors (Lipinski definition) is 4. The van der Waals surface area contributed by atoms with Gasteiger partial charge < -0.3 is 14.8 Å². The fourth-order valence-corrected chi connectivity index (χ4v) is 1.96. The number of ether oxygens (including phenoxy) is 2. The number of nitrogens with zero attached hydrogens (tertiary/aromatic N) is 1. The molecule has 1 amide bonds. The number of aromatic nitrogens is 1. The minimum Gasteiger partial charge on any atom is -0.493 e. The summed E-state index contributed by atoms with van der Waals surface area (Å²) in [6, 6.07) is 9.15. The summed E-state index contributed by atoms with van der Waals surface area (Å²) in [7, 11) is 1.59. The van der Waals surface area contributed by atoms with Crippen LogP contribution in [0, 0.1) is 5.92 Å². The van der Waals surface area contributed by atoms with E-state index < -0.39 is 0 Å². The summed E-state index contributed by atoms with van der Waals surface area (Å²) in [6.45, 7) is 4.29. The Morgan fingerprint density at radius 1 is 1.22 bits per heavy atom. The number of amides is 1. The Hall–Kier alpha value is -2.56. The lowest BCUT2D eigenvalue weighted by molar-refractivity contribution is -0.119. The van der Waals surface area contributed by atoms with E-state index in [0.717, 1.165) is 12.0 Å². The molecule has 5 nitrogen and oxygen atoms in total. The van der Waals surface area contributed by atoms with Crippen LogP contribution in [0.25, 0.3) is 0 Å². The molecule has 1 heterocycles. The first-order valence-corrected chi connectivity index (χ1v) is 7.64. The van der Waals surface area contributed by atoms with Crippen LogP contribution in [0.5, 0.6) is 11.5 Å². The Balaban J connectivity index is 2.10. The van der Waals surface area contributed by atoms with E-state index in [-0.39, 0.29) is 11.8 Å². The van der Waals surface area contributed by atoms with E-state index >= 15 is 0 Å². The maximum atomic E-state index is 12.0. The molecule has 0 saturated carbocycles. The summed E-state index contributed by atoms with van der Waals surface area (Å²) >= 11 is 0. The fourth-order valence-electron chi connectivity index (χ4n) is 1.96. The fraction of sp³-hybridized carbons (Fsp3) is 0.333. The van der Waals surface area contributed by atoms with E-state index in [1.165, 1.54) is 0 Å². The molecule has 2 rings (SSSR count).